The van der Waals surface area contributed by atoms with Crippen molar-refractivity contribution in [1.29, 1.82) is 0 Å². The SMILES string of the molecule is CCOc1ccc2[nH]c(=O)c([C@H](c3nnnn3Cc3ccccc3)N3CCC[C@@H](C)C3)cc2c1. The van der Waals surface area contributed by atoms with Gasteiger partial charge in [0.25, 0.3) is 5.56 Å². The molecular formula is C26H30N6O2. The largest absolute Gasteiger partial charge is 0.494 e. The van der Waals surface area contributed by atoms with Crippen molar-refractivity contribution in [2.45, 2.75) is 39.3 Å². The minimum Gasteiger partial charge on any atom is -0.494 e. The van der Waals surface area contributed by atoms with Crippen LogP contribution in [0.4, 0.5) is 0 Å². The molecule has 176 valence electrons. The summed E-state index contributed by atoms with van der Waals surface area (Å²) in [5.74, 6) is 2.01. The molecule has 2 atom stereocenters. The lowest BCUT2D eigenvalue weighted by Gasteiger charge is -2.36. The standard InChI is InChI=1S/C26H30N6O2/c1-3-34-21-11-12-23-20(14-21)15-22(26(33)27-23)24(31-13-7-8-18(2)16-31)25-28-29-30-32(25)17-19-9-5-4-6-10-19/h4-6,9-12,14-15,18,24H,3,7-8,13,16-17H2,1-2H3,(H,27,33)/t18-,24-/m1/s1. The van der Waals surface area contributed by atoms with Crippen LogP contribution in [-0.2, 0) is 6.54 Å². The van der Waals surface area contributed by atoms with Crippen molar-refractivity contribution in [3.63, 3.8) is 0 Å². The lowest BCUT2D eigenvalue weighted by Crippen LogP contribution is -2.41. The van der Waals surface area contributed by atoms with Crippen LogP contribution in [0, 0.1) is 5.92 Å². The van der Waals surface area contributed by atoms with Crippen LogP contribution < -0.4 is 10.3 Å². The van der Waals surface area contributed by atoms with Crippen LogP contribution in [-0.4, -0.2) is 49.8 Å². The first-order valence-electron chi connectivity index (χ1n) is 12.0. The molecule has 1 saturated heterocycles. The van der Waals surface area contributed by atoms with Crippen molar-refractivity contribution in [2.24, 2.45) is 5.92 Å². The maximum atomic E-state index is 13.4. The van der Waals surface area contributed by atoms with Crippen molar-refractivity contribution in [1.82, 2.24) is 30.1 Å². The molecule has 34 heavy (non-hydrogen) atoms. The zero-order valence-electron chi connectivity index (χ0n) is 19.6. The van der Waals surface area contributed by atoms with Gasteiger partial charge in [0, 0.05) is 23.0 Å². The zero-order chi connectivity index (χ0) is 23.5. The quantitative estimate of drug-likeness (QED) is 0.453. The normalized spacial score (nSPS) is 17.6. The van der Waals surface area contributed by atoms with E-state index in [9.17, 15) is 4.79 Å². The Balaban J connectivity index is 1.62. The number of tetrazole rings is 1. The molecule has 0 spiro atoms. The fourth-order valence-electron chi connectivity index (χ4n) is 4.90. The van der Waals surface area contributed by atoms with Gasteiger partial charge in [-0.05, 0) is 72.5 Å². The number of pyridine rings is 1. The van der Waals surface area contributed by atoms with Crippen LogP contribution >= 0.6 is 0 Å². The first kappa shape index (κ1) is 22.3. The van der Waals surface area contributed by atoms with Crippen LogP contribution in [0.5, 0.6) is 5.75 Å². The Morgan fingerprint density at radius 2 is 2.03 bits per heavy atom. The number of nitrogens with one attached hydrogen (secondary N) is 1. The summed E-state index contributed by atoms with van der Waals surface area (Å²) >= 11 is 0. The second-order valence-corrected chi connectivity index (χ2v) is 9.06. The van der Waals surface area contributed by atoms with Crippen LogP contribution in [0.15, 0.2) is 59.4 Å². The van der Waals surface area contributed by atoms with Crippen molar-refractivity contribution in [3.05, 3.63) is 81.9 Å². The summed E-state index contributed by atoms with van der Waals surface area (Å²) in [6.07, 6.45) is 2.27. The van der Waals surface area contributed by atoms with Gasteiger partial charge >= 0.3 is 0 Å². The minimum absolute atomic E-state index is 0.117. The molecule has 0 amide bonds. The molecule has 0 bridgehead atoms. The van der Waals surface area contributed by atoms with Crippen LogP contribution in [0.25, 0.3) is 10.9 Å². The van der Waals surface area contributed by atoms with Gasteiger partial charge in [0.1, 0.15) is 11.8 Å². The first-order valence-corrected chi connectivity index (χ1v) is 12.0. The number of likely N-dealkylation sites (tertiary alicyclic amines) is 1. The zero-order valence-corrected chi connectivity index (χ0v) is 19.6. The highest BCUT2D eigenvalue weighted by atomic mass is 16.5. The predicted molar refractivity (Wildman–Crippen MR) is 131 cm³/mol. The molecule has 3 heterocycles. The molecule has 0 saturated carbocycles. The summed E-state index contributed by atoms with van der Waals surface area (Å²) in [6, 6.07) is 17.5. The number of fused-ring (bicyclic) bond motifs is 1. The number of benzene rings is 2. The Kier molecular flexibility index (Phi) is 6.40. The average Bonchev–Trinajstić information content (AvgIpc) is 3.28. The van der Waals surface area contributed by atoms with E-state index in [1.165, 1.54) is 6.42 Å². The van der Waals surface area contributed by atoms with Gasteiger partial charge in [-0.15, -0.1) is 5.10 Å². The maximum absolute atomic E-state index is 13.4. The van der Waals surface area contributed by atoms with Gasteiger partial charge in [0.15, 0.2) is 5.82 Å². The molecule has 8 heteroatoms. The van der Waals surface area contributed by atoms with Crippen molar-refractivity contribution < 1.29 is 4.74 Å². The Morgan fingerprint density at radius 3 is 2.82 bits per heavy atom. The molecule has 2 aromatic carbocycles. The molecule has 2 aromatic heterocycles. The Morgan fingerprint density at radius 1 is 1.18 bits per heavy atom. The maximum Gasteiger partial charge on any atom is 0.253 e. The number of H-pyrrole nitrogens is 1. The molecule has 0 aliphatic carbocycles. The molecule has 0 radical (unpaired) electrons. The van der Waals surface area contributed by atoms with Crippen molar-refractivity contribution >= 4 is 10.9 Å². The van der Waals surface area contributed by atoms with E-state index in [4.69, 9.17) is 4.74 Å². The number of rotatable bonds is 7. The van der Waals surface area contributed by atoms with E-state index in [2.05, 4.69) is 44.5 Å². The van der Waals surface area contributed by atoms with Gasteiger partial charge in [0.05, 0.1) is 13.2 Å². The fourth-order valence-corrected chi connectivity index (χ4v) is 4.90. The van der Waals surface area contributed by atoms with Gasteiger partial charge in [-0.2, -0.15) is 0 Å². The first-order chi connectivity index (χ1) is 16.6. The highest BCUT2D eigenvalue weighted by Crippen LogP contribution is 2.31. The molecule has 1 aliphatic heterocycles. The third-order valence-electron chi connectivity index (χ3n) is 6.48. The summed E-state index contributed by atoms with van der Waals surface area (Å²) in [7, 11) is 0. The summed E-state index contributed by atoms with van der Waals surface area (Å²) < 4.78 is 7.51. The lowest BCUT2D eigenvalue weighted by atomic mass is 9.95. The van der Waals surface area contributed by atoms with Crippen LogP contribution in [0.3, 0.4) is 0 Å². The monoisotopic (exact) mass is 458 g/mol. The van der Waals surface area contributed by atoms with Crippen molar-refractivity contribution in [3.8, 4) is 5.75 Å². The average molecular weight is 459 g/mol. The molecule has 0 unspecified atom stereocenters. The number of hydrogen-bond donors (Lipinski definition) is 1. The van der Waals surface area contributed by atoms with Gasteiger partial charge in [-0.25, -0.2) is 4.68 Å². The molecule has 8 nitrogen and oxygen atoms in total. The number of piperidine rings is 1. The van der Waals surface area contributed by atoms with E-state index in [1.54, 1.807) is 0 Å². The third kappa shape index (κ3) is 4.59. The second kappa shape index (κ2) is 9.77. The van der Waals surface area contributed by atoms with Gasteiger partial charge in [-0.3, -0.25) is 9.69 Å². The highest BCUT2D eigenvalue weighted by Gasteiger charge is 2.32. The molecule has 1 N–H and O–H groups in total. The summed E-state index contributed by atoms with van der Waals surface area (Å²) in [5, 5.41) is 13.7. The van der Waals surface area contributed by atoms with E-state index >= 15 is 0 Å². The van der Waals surface area contributed by atoms with Crippen LogP contribution in [0.1, 0.15) is 49.7 Å². The number of hydrogen-bond acceptors (Lipinski definition) is 6. The molecule has 1 fully saturated rings. The van der Waals surface area contributed by atoms with Gasteiger partial charge in [-0.1, -0.05) is 37.3 Å². The Bertz CT molecular complexity index is 1320. The lowest BCUT2D eigenvalue weighted by molar-refractivity contribution is 0.141. The van der Waals surface area contributed by atoms with Crippen LogP contribution in [0.2, 0.25) is 0 Å². The molecule has 4 aromatic rings. The van der Waals surface area contributed by atoms with Gasteiger partial charge in [0.2, 0.25) is 0 Å². The molecular weight excluding hydrogens is 428 g/mol. The van der Waals surface area contributed by atoms with E-state index in [1.807, 2.05) is 54.1 Å². The summed E-state index contributed by atoms with van der Waals surface area (Å²) in [6.45, 7) is 7.13. The van der Waals surface area contributed by atoms with Crippen molar-refractivity contribution in [2.75, 3.05) is 19.7 Å². The molecule has 5 rings (SSSR count). The number of ether oxygens (including phenoxy) is 1. The number of nitrogens with zero attached hydrogens (tertiary/aromatic N) is 5. The Hall–Kier alpha value is -3.52. The molecule has 1 aliphatic rings. The highest BCUT2D eigenvalue weighted by molar-refractivity contribution is 5.80. The van der Waals surface area contributed by atoms with E-state index in [0.29, 0.717) is 30.5 Å². The fraction of sp³-hybridized carbons (Fsp3) is 0.385. The number of aromatic nitrogens is 5. The minimum atomic E-state index is -0.342. The van der Waals surface area contributed by atoms with Gasteiger partial charge < -0.3 is 9.72 Å². The Labute approximate surface area is 198 Å². The second-order valence-electron chi connectivity index (χ2n) is 9.06. The topological polar surface area (TPSA) is 88.9 Å². The third-order valence-corrected chi connectivity index (χ3v) is 6.48. The van der Waals surface area contributed by atoms with E-state index in [-0.39, 0.29) is 11.6 Å². The summed E-state index contributed by atoms with van der Waals surface area (Å²) in [4.78, 5) is 18.8. The smallest absolute Gasteiger partial charge is 0.253 e. The number of aromatic amines is 1. The van der Waals surface area contributed by atoms with E-state index < -0.39 is 0 Å². The summed E-state index contributed by atoms with van der Waals surface area (Å²) in [5.41, 5.74) is 2.43. The predicted octanol–water partition coefficient (Wildman–Crippen LogP) is 3.78. The van der Waals surface area contributed by atoms with E-state index in [0.717, 1.165) is 41.7 Å².